The number of anilines is 1. The van der Waals surface area contributed by atoms with Gasteiger partial charge in [0, 0.05) is 24.4 Å². The van der Waals surface area contributed by atoms with E-state index in [1.165, 1.54) is 32.1 Å². The lowest BCUT2D eigenvalue weighted by Crippen LogP contribution is -2.81. The number of hydrogen-bond donors (Lipinski definition) is 0. The SMILES string of the molecule is COC(=O)[C@@H]1C[C@@]23CCC[N@+]4(C)CC[C@@]5(c6ccccc6N(C(C)=O)[C@@]15CC2)[C@@H]34. The van der Waals surface area contributed by atoms with E-state index in [4.69, 9.17) is 4.74 Å². The van der Waals surface area contributed by atoms with E-state index in [0.29, 0.717) is 6.04 Å². The minimum Gasteiger partial charge on any atom is -0.469 e. The summed E-state index contributed by atoms with van der Waals surface area (Å²) < 4.78 is 6.50. The molecule has 3 heterocycles. The van der Waals surface area contributed by atoms with E-state index in [9.17, 15) is 9.59 Å². The first-order valence-electron chi connectivity index (χ1n) is 11.2. The molecule has 29 heavy (non-hydrogen) atoms. The summed E-state index contributed by atoms with van der Waals surface area (Å²) in [6, 6.07) is 9.02. The molecular weight excluding hydrogens is 364 g/mol. The Morgan fingerprint density at radius 3 is 2.69 bits per heavy atom. The zero-order valence-corrected chi connectivity index (χ0v) is 17.7. The molecule has 0 N–H and O–H groups in total. The Morgan fingerprint density at radius 2 is 1.93 bits per heavy atom. The van der Waals surface area contributed by atoms with Crippen LogP contribution in [0.3, 0.4) is 0 Å². The number of carbonyl (C=O) groups excluding carboxylic acids is 2. The fourth-order valence-corrected chi connectivity index (χ4v) is 9.45. The summed E-state index contributed by atoms with van der Waals surface area (Å²) in [6.45, 7) is 4.04. The second-order valence-electron chi connectivity index (χ2n) is 10.6. The van der Waals surface area contributed by atoms with E-state index in [2.05, 4.69) is 30.1 Å². The molecule has 2 bridgehead atoms. The number of likely N-dealkylation sites (N-methyl/N-ethyl adjacent to an activating group) is 1. The molecule has 1 aromatic rings. The van der Waals surface area contributed by atoms with Gasteiger partial charge in [0.05, 0.1) is 44.1 Å². The van der Waals surface area contributed by atoms with Gasteiger partial charge in [-0.2, -0.15) is 0 Å². The van der Waals surface area contributed by atoms with Crippen LogP contribution in [0.1, 0.15) is 51.0 Å². The summed E-state index contributed by atoms with van der Waals surface area (Å²) >= 11 is 0. The highest BCUT2D eigenvalue weighted by molar-refractivity contribution is 5.99. The quantitative estimate of drug-likeness (QED) is 0.542. The van der Waals surface area contributed by atoms with E-state index >= 15 is 0 Å². The maximum absolute atomic E-state index is 13.3. The minimum absolute atomic E-state index is 0.0644. The number of carbonyl (C=O) groups is 2. The molecule has 2 saturated heterocycles. The number of esters is 1. The number of piperidine rings is 1. The molecule has 3 spiro atoms. The van der Waals surface area contributed by atoms with E-state index in [1.807, 2.05) is 6.07 Å². The second kappa shape index (κ2) is 5.23. The van der Waals surface area contributed by atoms with Gasteiger partial charge in [-0.05, 0) is 43.7 Å². The molecule has 3 aliphatic carbocycles. The predicted molar refractivity (Wildman–Crippen MR) is 109 cm³/mol. The van der Waals surface area contributed by atoms with Crippen molar-refractivity contribution in [2.75, 3.05) is 32.1 Å². The molecule has 3 aliphatic heterocycles. The fourth-order valence-electron chi connectivity index (χ4n) is 9.45. The third-order valence-electron chi connectivity index (χ3n) is 9.82. The average Bonchev–Trinajstić information content (AvgIpc) is 3.19. The first-order valence-corrected chi connectivity index (χ1v) is 11.2. The van der Waals surface area contributed by atoms with E-state index < -0.39 is 5.54 Å². The molecule has 5 fully saturated rings. The zero-order valence-electron chi connectivity index (χ0n) is 17.7. The Hall–Kier alpha value is -1.88. The molecule has 0 unspecified atom stereocenters. The third-order valence-corrected chi connectivity index (χ3v) is 9.82. The van der Waals surface area contributed by atoms with Crippen molar-refractivity contribution < 1.29 is 18.8 Å². The van der Waals surface area contributed by atoms with Crippen LogP contribution in [0.2, 0.25) is 0 Å². The Balaban J connectivity index is 1.72. The molecule has 5 nitrogen and oxygen atoms in total. The molecule has 0 radical (unpaired) electrons. The van der Waals surface area contributed by atoms with Gasteiger partial charge in [0.25, 0.3) is 0 Å². The number of ether oxygens (including phenoxy) is 1. The van der Waals surface area contributed by atoms with Gasteiger partial charge in [0.2, 0.25) is 5.91 Å². The van der Waals surface area contributed by atoms with Crippen LogP contribution in [0, 0.1) is 11.3 Å². The number of nitrogens with zero attached hydrogens (tertiary/aromatic N) is 2. The van der Waals surface area contributed by atoms with Crippen molar-refractivity contribution >= 4 is 17.6 Å². The van der Waals surface area contributed by atoms with Gasteiger partial charge < -0.3 is 14.1 Å². The predicted octanol–water partition coefficient (Wildman–Crippen LogP) is 3.02. The van der Waals surface area contributed by atoms with Crippen molar-refractivity contribution in [2.45, 2.75) is 62.4 Å². The maximum Gasteiger partial charge on any atom is 0.311 e. The molecule has 7 rings (SSSR count). The summed E-state index contributed by atoms with van der Waals surface area (Å²) in [7, 11) is 3.96. The van der Waals surface area contributed by atoms with Gasteiger partial charge in [0.15, 0.2) is 0 Å². The first-order chi connectivity index (χ1) is 13.9. The van der Waals surface area contributed by atoms with Gasteiger partial charge in [0.1, 0.15) is 6.04 Å². The lowest BCUT2D eigenvalue weighted by atomic mass is 9.38. The van der Waals surface area contributed by atoms with Crippen LogP contribution >= 0.6 is 0 Å². The Bertz CT molecular complexity index is 946. The van der Waals surface area contributed by atoms with Crippen molar-refractivity contribution in [3.8, 4) is 0 Å². The van der Waals surface area contributed by atoms with Crippen LogP contribution < -0.4 is 4.90 Å². The van der Waals surface area contributed by atoms with Crippen LogP contribution in [0.15, 0.2) is 24.3 Å². The molecule has 0 aromatic heterocycles. The Morgan fingerprint density at radius 1 is 1.14 bits per heavy atom. The molecule has 3 saturated carbocycles. The summed E-state index contributed by atoms with van der Waals surface area (Å²) in [5.74, 6) is -0.291. The van der Waals surface area contributed by atoms with Gasteiger partial charge in [-0.15, -0.1) is 0 Å². The average molecular weight is 396 g/mol. The highest BCUT2D eigenvalue weighted by atomic mass is 16.5. The van der Waals surface area contributed by atoms with Crippen LogP contribution in [0.25, 0.3) is 0 Å². The van der Waals surface area contributed by atoms with Crippen LogP contribution in [-0.2, 0) is 19.7 Å². The number of rotatable bonds is 1. The summed E-state index contributed by atoms with van der Waals surface area (Å²) in [6.07, 6.45) is 6.42. The number of fused-ring (bicyclic) bond motifs is 3. The topological polar surface area (TPSA) is 46.6 Å². The smallest absolute Gasteiger partial charge is 0.311 e. The molecule has 1 amide bonds. The number of para-hydroxylation sites is 1. The standard InChI is InChI=1S/C24H31N2O3/c1-16(27)25-19-8-5-4-7-17(19)23-12-14-26(2)13-6-9-22(21(23)26)10-11-24(23,25)18(15-22)20(28)29-3/h4-5,7-8,18,21H,6,9-15H2,1-3H3/q+1/t18-,21+,22+,23+,24-,26+/m0/s1. The van der Waals surface area contributed by atoms with E-state index in [0.717, 1.165) is 42.4 Å². The van der Waals surface area contributed by atoms with Gasteiger partial charge in [-0.25, -0.2) is 0 Å². The molecule has 6 atom stereocenters. The number of hydrogen-bond acceptors (Lipinski definition) is 3. The van der Waals surface area contributed by atoms with Crippen molar-refractivity contribution in [2.24, 2.45) is 11.3 Å². The highest BCUT2D eigenvalue weighted by Crippen LogP contribution is 2.77. The van der Waals surface area contributed by atoms with Crippen LogP contribution in [0.5, 0.6) is 0 Å². The lowest BCUT2D eigenvalue weighted by molar-refractivity contribution is -0.939. The molecule has 154 valence electrons. The Labute approximate surface area is 172 Å². The van der Waals surface area contributed by atoms with Crippen molar-refractivity contribution in [1.29, 1.82) is 0 Å². The van der Waals surface area contributed by atoms with Crippen molar-refractivity contribution in [3.63, 3.8) is 0 Å². The van der Waals surface area contributed by atoms with Crippen molar-refractivity contribution in [3.05, 3.63) is 29.8 Å². The summed E-state index contributed by atoms with van der Waals surface area (Å²) in [4.78, 5) is 28.5. The normalized spacial score (nSPS) is 46.1. The molecule has 1 aromatic carbocycles. The highest BCUT2D eigenvalue weighted by Gasteiger charge is 2.85. The summed E-state index contributed by atoms with van der Waals surface area (Å²) in [5.41, 5.74) is 1.94. The maximum atomic E-state index is 13.3. The lowest BCUT2D eigenvalue weighted by Gasteiger charge is -2.70. The monoisotopic (exact) mass is 395 g/mol. The number of methoxy groups -OCH3 is 1. The minimum atomic E-state index is -0.477. The van der Waals surface area contributed by atoms with E-state index in [1.54, 1.807) is 6.92 Å². The van der Waals surface area contributed by atoms with Crippen molar-refractivity contribution in [1.82, 2.24) is 0 Å². The van der Waals surface area contributed by atoms with Gasteiger partial charge in [-0.1, -0.05) is 18.2 Å². The van der Waals surface area contributed by atoms with E-state index in [-0.39, 0.29) is 28.6 Å². The number of quaternary nitrogens is 1. The Kier molecular flexibility index (Phi) is 3.24. The number of benzene rings is 1. The molecule has 5 heteroatoms. The third kappa shape index (κ3) is 1.68. The summed E-state index contributed by atoms with van der Waals surface area (Å²) in [5, 5.41) is 0. The molecular formula is C24H31N2O3+. The van der Waals surface area contributed by atoms with Crippen LogP contribution in [-0.4, -0.2) is 55.2 Å². The first kappa shape index (κ1) is 17.9. The fraction of sp³-hybridized carbons (Fsp3) is 0.667. The zero-order chi connectivity index (χ0) is 20.2. The molecule has 6 aliphatic rings. The largest absolute Gasteiger partial charge is 0.469 e. The second-order valence-corrected chi connectivity index (χ2v) is 10.6. The number of amides is 1. The van der Waals surface area contributed by atoms with Crippen LogP contribution in [0.4, 0.5) is 5.69 Å². The van der Waals surface area contributed by atoms with Gasteiger partial charge in [-0.3, -0.25) is 9.59 Å². The van der Waals surface area contributed by atoms with Gasteiger partial charge >= 0.3 is 5.97 Å².